The zero-order chi connectivity index (χ0) is 22.3. The minimum atomic E-state index is -0.690. The lowest BCUT2D eigenvalue weighted by atomic mass is 9.65. The van der Waals surface area contributed by atoms with Crippen LogP contribution in [-0.4, -0.2) is 17.6 Å². The smallest absolute Gasteiger partial charge is 0.303 e. The van der Waals surface area contributed by atoms with Crippen molar-refractivity contribution in [1.29, 1.82) is 0 Å². The molecule has 1 aliphatic carbocycles. The molecule has 3 heteroatoms. The van der Waals surface area contributed by atoms with Crippen molar-refractivity contribution >= 4 is 5.97 Å². The fourth-order valence-corrected chi connectivity index (χ4v) is 5.14. The molecule has 0 fully saturated rings. The predicted octanol–water partition coefficient (Wildman–Crippen LogP) is 6.78. The molecule has 3 nitrogen and oxygen atoms in total. The summed E-state index contributed by atoms with van der Waals surface area (Å²) in [5, 5.41) is 9.61. The van der Waals surface area contributed by atoms with Crippen molar-refractivity contribution < 1.29 is 9.90 Å². The molecule has 0 heterocycles. The van der Waals surface area contributed by atoms with Crippen molar-refractivity contribution in [3.8, 4) is 0 Å². The van der Waals surface area contributed by atoms with Gasteiger partial charge in [-0.25, -0.2) is 0 Å². The van der Waals surface area contributed by atoms with Crippen LogP contribution in [0.4, 0.5) is 0 Å². The minimum absolute atomic E-state index is 0.158. The SMILES string of the molecule is CCCCCCC=CCCC[C@H]1C=C[C@@H](Cc2ccccc2)[C@H](CC(=O)O)[C@H]1CCN. The fourth-order valence-electron chi connectivity index (χ4n) is 5.14. The first kappa shape index (κ1) is 25.4. The van der Waals surface area contributed by atoms with Crippen LogP contribution >= 0.6 is 0 Å². The zero-order valence-corrected chi connectivity index (χ0v) is 19.4. The van der Waals surface area contributed by atoms with Gasteiger partial charge in [0.1, 0.15) is 0 Å². The molecular formula is C28H43NO2. The van der Waals surface area contributed by atoms with E-state index in [0.29, 0.717) is 18.4 Å². The first-order valence-corrected chi connectivity index (χ1v) is 12.4. The van der Waals surface area contributed by atoms with Crippen LogP contribution in [-0.2, 0) is 11.2 Å². The van der Waals surface area contributed by atoms with E-state index in [0.717, 1.165) is 32.1 Å². The standard InChI is InChI=1S/C28H43NO2/c1-2-3-4-5-6-7-8-9-13-16-24-17-18-25(21-23-14-11-10-12-15-23)27(22-28(30)31)26(24)19-20-29/h7-8,10-12,14-15,17-18,24-27H,2-6,9,13,16,19-22,29H2,1H3,(H,30,31)/t24-,25-,26-,27-/m0/s1. The molecule has 0 saturated carbocycles. The van der Waals surface area contributed by atoms with Gasteiger partial charge in [-0.15, -0.1) is 0 Å². The average molecular weight is 426 g/mol. The van der Waals surface area contributed by atoms with Gasteiger partial charge in [0.25, 0.3) is 0 Å². The number of hydrogen-bond donors (Lipinski definition) is 2. The molecule has 0 radical (unpaired) electrons. The number of unbranched alkanes of at least 4 members (excludes halogenated alkanes) is 5. The Morgan fingerprint density at radius 2 is 1.65 bits per heavy atom. The fraction of sp³-hybridized carbons (Fsp3) is 0.607. The highest BCUT2D eigenvalue weighted by atomic mass is 16.4. The molecule has 1 aromatic rings. The van der Waals surface area contributed by atoms with Crippen LogP contribution < -0.4 is 5.73 Å². The van der Waals surface area contributed by atoms with Gasteiger partial charge in [0.2, 0.25) is 0 Å². The number of aliphatic carboxylic acids is 1. The number of benzene rings is 1. The number of carbonyl (C=O) groups is 1. The van der Waals surface area contributed by atoms with Crippen LogP contribution in [0.25, 0.3) is 0 Å². The van der Waals surface area contributed by atoms with Gasteiger partial charge in [-0.05, 0) is 80.7 Å². The Balaban J connectivity index is 1.94. The summed E-state index contributed by atoms with van der Waals surface area (Å²) in [6, 6.07) is 10.4. The highest BCUT2D eigenvalue weighted by molar-refractivity contribution is 5.67. The summed E-state index contributed by atoms with van der Waals surface area (Å²) in [4.78, 5) is 11.7. The van der Waals surface area contributed by atoms with Crippen molar-refractivity contribution in [3.63, 3.8) is 0 Å². The third kappa shape index (κ3) is 9.43. The molecule has 0 aliphatic heterocycles. The summed E-state index contributed by atoms with van der Waals surface area (Å²) < 4.78 is 0. The molecule has 0 amide bonds. The second-order valence-electron chi connectivity index (χ2n) is 9.16. The number of hydrogen-bond acceptors (Lipinski definition) is 2. The largest absolute Gasteiger partial charge is 0.481 e. The minimum Gasteiger partial charge on any atom is -0.481 e. The second-order valence-corrected chi connectivity index (χ2v) is 9.16. The molecule has 0 saturated heterocycles. The summed E-state index contributed by atoms with van der Waals surface area (Å²) in [6.07, 6.45) is 21.3. The van der Waals surface area contributed by atoms with Gasteiger partial charge in [-0.3, -0.25) is 4.79 Å². The van der Waals surface area contributed by atoms with E-state index >= 15 is 0 Å². The van der Waals surface area contributed by atoms with Crippen molar-refractivity contribution in [3.05, 3.63) is 60.2 Å². The van der Waals surface area contributed by atoms with E-state index in [4.69, 9.17) is 5.73 Å². The zero-order valence-electron chi connectivity index (χ0n) is 19.4. The number of carboxylic acid groups (broad SMARTS) is 1. The molecule has 1 aromatic carbocycles. The van der Waals surface area contributed by atoms with Crippen molar-refractivity contribution in [2.45, 2.75) is 77.6 Å². The molecule has 3 N–H and O–H groups in total. The van der Waals surface area contributed by atoms with Crippen molar-refractivity contribution in [2.75, 3.05) is 6.54 Å². The van der Waals surface area contributed by atoms with Gasteiger partial charge in [-0.1, -0.05) is 80.8 Å². The van der Waals surface area contributed by atoms with Crippen LogP contribution in [0.15, 0.2) is 54.6 Å². The topological polar surface area (TPSA) is 63.3 Å². The van der Waals surface area contributed by atoms with Crippen LogP contribution in [0.2, 0.25) is 0 Å². The highest BCUT2D eigenvalue weighted by Gasteiger charge is 2.36. The Morgan fingerprint density at radius 1 is 0.935 bits per heavy atom. The van der Waals surface area contributed by atoms with Crippen LogP contribution in [0.5, 0.6) is 0 Å². The lowest BCUT2D eigenvalue weighted by Crippen LogP contribution is -2.35. The predicted molar refractivity (Wildman–Crippen MR) is 131 cm³/mol. The maximum Gasteiger partial charge on any atom is 0.303 e. The van der Waals surface area contributed by atoms with E-state index in [-0.39, 0.29) is 18.3 Å². The lowest BCUT2D eigenvalue weighted by molar-refractivity contribution is -0.139. The lowest BCUT2D eigenvalue weighted by Gasteiger charge is -2.39. The number of allylic oxidation sites excluding steroid dienone is 4. The van der Waals surface area contributed by atoms with E-state index in [2.05, 4.69) is 55.5 Å². The molecule has 2 rings (SSSR count). The first-order chi connectivity index (χ1) is 15.2. The Morgan fingerprint density at radius 3 is 2.32 bits per heavy atom. The Hall–Kier alpha value is -1.87. The molecule has 1 aliphatic rings. The summed E-state index contributed by atoms with van der Waals surface area (Å²) in [5.74, 6) is 0.542. The normalized spacial score (nSPS) is 23.4. The number of carboxylic acids is 1. The van der Waals surface area contributed by atoms with Gasteiger partial charge in [0, 0.05) is 6.42 Å². The Bertz CT molecular complexity index is 667. The summed E-state index contributed by atoms with van der Waals surface area (Å²) in [5.41, 5.74) is 7.25. The van der Waals surface area contributed by atoms with Crippen molar-refractivity contribution in [1.82, 2.24) is 0 Å². The van der Waals surface area contributed by atoms with Crippen LogP contribution in [0.1, 0.15) is 76.7 Å². The van der Waals surface area contributed by atoms with E-state index < -0.39 is 5.97 Å². The van der Waals surface area contributed by atoms with Gasteiger partial charge < -0.3 is 10.8 Å². The quantitative estimate of drug-likeness (QED) is 0.240. The second kappa shape index (κ2) is 15.0. The molecule has 172 valence electrons. The average Bonchev–Trinajstić information content (AvgIpc) is 2.76. The molecule has 31 heavy (non-hydrogen) atoms. The molecular weight excluding hydrogens is 382 g/mol. The van der Waals surface area contributed by atoms with Gasteiger partial charge in [0.05, 0.1) is 0 Å². The Labute approximate surface area is 189 Å². The molecule has 0 bridgehead atoms. The summed E-state index contributed by atoms with van der Waals surface area (Å²) in [7, 11) is 0. The van der Waals surface area contributed by atoms with Gasteiger partial charge >= 0.3 is 5.97 Å². The van der Waals surface area contributed by atoms with Gasteiger partial charge in [0.15, 0.2) is 0 Å². The molecule has 0 aromatic heterocycles. The molecule has 0 unspecified atom stereocenters. The van der Waals surface area contributed by atoms with E-state index in [9.17, 15) is 9.90 Å². The van der Waals surface area contributed by atoms with E-state index in [1.54, 1.807) is 0 Å². The maximum atomic E-state index is 11.7. The van der Waals surface area contributed by atoms with Gasteiger partial charge in [-0.2, -0.15) is 0 Å². The monoisotopic (exact) mass is 425 g/mol. The van der Waals surface area contributed by atoms with Crippen LogP contribution in [0, 0.1) is 23.7 Å². The molecule has 4 atom stereocenters. The van der Waals surface area contributed by atoms with Crippen molar-refractivity contribution in [2.24, 2.45) is 29.4 Å². The van der Waals surface area contributed by atoms with E-state index in [1.807, 2.05) is 6.07 Å². The summed E-state index contributed by atoms with van der Waals surface area (Å²) >= 11 is 0. The summed E-state index contributed by atoms with van der Waals surface area (Å²) in [6.45, 7) is 2.87. The first-order valence-electron chi connectivity index (χ1n) is 12.4. The third-order valence-electron chi connectivity index (χ3n) is 6.78. The van der Waals surface area contributed by atoms with Crippen LogP contribution in [0.3, 0.4) is 0 Å². The number of rotatable bonds is 15. The van der Waals surface area contributed by atoms with E-state index in [1.165, 1.54) is 37.7 Å². The molecule has 0 spiro atoms. The third-order valence-corrected chi connectivity index (χ3v) is 6.78. The highest BCUT2D eigenvalue weighted by Crippen LogP contribution is 2.41. The Kier molecular flexibility index (Phi) is 12.3. The number of nitrogens with two attached hydrogens (primary N) is 1. The maximum absolute atomic E-state index is 11.7.